The Kier molecular flexibility index (Phi) is 3.53. The Morgan fingerprint density at radius 1 is 1.38 bits per heavy atom. The van der Waals surface area contributed by atoms with Gasteiger partial charge in [-0.1, -0.05) is 42.1 Å². The van der Waals surface area contributed by atoms with E-state index in [2.05, 4.69) is 9.36 Å². The van der Waals surface area contributed by atoms with Gasteiger partial charge in [-0.05, 0) is 17.1 Å². The van der Waals surface area contributed by atoms with E-state index in [4.69, 9.17) is 5.11 Å². The van der Waals surface area contributed by atoms with Crippen molar-refractivity contribution < 1.29 is 9.90 Å². The zero-order valence-electron chi connectivity index (χ0n) is 8.11. The number of nitrogens with zero attached hydrogens (tertiary/aromatic N) is 2. The third kappa shape index (κ3) is 2.59. The van der Waals surface area contributed by atoms with Crippen LogP contribution in [-0.2, 0) is 4.79 Å². The first kappa shape index (κ1) is 11.1. The normalized spacial score (nSPS) is 12.2. The Morgan fingerprint density at radius 2 is 2.12 bits per heavy atom. The number of aliphatic carboxylic acids is 1. The van der Waals surface area contributed by atoms with Gasteiger partial charge in [-0.25, -0.2) is 4.98 Å². The molecule has 0 radical (unpaired) electrons. The summed E-state index contributed by atoms with van der Waals surface area (Å²) in [5.41, 5.74) is 0.759. The summed E-state index contributed by atoms with van der Waals surface area (Å²) in [6.45, 7) is 0. The van der Waals surface area contributed by atoms with Crippen LogP contribution >= 0.6 is 23.3 Å². The van der Waals surface area contributed by atoms with E-state index < -0.39 is 11.2 Å². The van der Waals surface area contributed by atoms with Crippen LogP contribution in [0.5, 0.6) is 0 Å². The molecule has 0 spiro atoms. The van der Waals surface area contributed by atoms with Crippen LogP contribution < -0.4 is 0 Å². The van der Waals surface area contributed by atoms with Gasteiger partial charge in [0.05, 0.1) is 0 Å². The summed E-state index contributed by atoms with van der Waals surface area (Å²) < 4.78 is 4.51. The summed E-state index contributed by atoms with van der Waals surface area (Å²) in [5.74, 6) is -0.869. The van der Waals surface area contributed by atoms with Gasteiger partial charge in [0, 0.05) is 0 Å². The number of carbonyl (C=O) groups is 1. The molecule has 6 heteroatoms. The van der Waals surface area contributed by atoms with Gasteiger partial charge >= 0.3 is 5.97 Å². The van der Waals surface area contributed by atoms with Gasteiger partial charge in [0.2, 0.25) is 0 Å². The largest absolute Gasteiger partial charge is 0.480 e. The third-order valence-corrected chi connectivity index (χ3v) is 3.88. The minimum absolute atomic E-state index is 0.630. The maximum atomic E-state index is 11.2. The summed E-state index contributed by atoms with van der Waals surface area (Å²) in [5, 5.41) is 8.53. The van der Waals surface area contributed by atoms with E-state index in [1.807, 2.05) is 18.2 Å². The first-order valence-electron chi connectivity index (χ1n) is 4.48. The third-order valence-electron chi connectivity index (χ3n) is 1.89. The summed E-state index contributed by atoms with van der Waals surface area (Å²) >= 11 is 2.40. The van der Waals surface area contributed by atoms with E-state index in [1.165, 1.54) is 29.6 Å². The van der Waals surface area contributed by atoms with E-state index in [-0.39, 0.29) is 0 Å². The van der Waals surface area contributed by atoms with Gasteiger partial charge in [0.1, 0.15) is 11.6 Å². The molecule has 1 unspecified atom stereocenters. The van der Waals surface area contributed by atoms with Crippen LogP contribution in [-0.4, -0.2) is 20.4 Å². The number of hydrogen-bond donors (Lipinski definition) is 1. The maximum absolute atomic E-state index is 11.2. The lowest BCUT2D eigenvalue weighted by atomic mass is 10.1. The fourth-order valence-corrected chi connectivity index (χ4v) is 2.78. The van der Waals surface area contributed by atoms with E-state index in [1.54, 1.807) is 12.1 Å². The molecule has 2 rings (SSSR count). The fourth-order valence-electron chi connectivity index (χ4n) is 1.20. The van der Waals surface area contributed by atoms with Crippen LogP contribution in [0.1, 0.15) is 10.8 Å². The lowest BCUT2D eigenvalue weighted by Gasteiger charge is -2.09. The fraction of sp³-hybridized carbons (Fsp3) is 0.100. The van der Waals surface area contributed by atoms with Crippen LogP contribution in [0.4, 0.5) is 0 Å². The van der Waals surface area contributed by atoms with Crippen LogP contribution in [0, 0.1) is 0 Å². The van der Waals surface area contributed by atoms with Crippen molar-refractivity contribution in [3.63, 3.8) is 0 Å². The van der Waals surface area contributed by atoms with E-state index >= 15 is 0 Å². The van der Waals surface area contributed by atoms with Gasteiger partial charge in [0.15, 0.2) is 4.34 Å². The number of thioether (sulfide) groups is 1. The quantitative estimate of drug-likeness (QED) is 0.847. The molecule has 2 aromatic rings. The highest BCUT2D eigenvalue weighted by molar-refractivity contribution is 8.01. The average molecular weight is 252 g/mol. The molecule has 1 aromatic heterocycles. The second-order valence-electron chi connectivity index (χ2n) is 2.95. The summed E-state index contributed by atoms with van der Waals surface area (Å²) in [6.07, 6.45) is 1.43. The zero-order valence-corrected chi connectivity index (χ0v) is 9.74. The monoisotopic (exact) mass is 252 g/mol. The minimum Gasteiger partial charge on any atom is -0.480 e. The van der Waals surface area contributed by atoms with Crippen molar-refractivity contribution in [2.75, 3.05) is 0 Å². The lowest BCUT2D eigenvalue weighted by molar-refractivity contribution is -0.136. The Morgan fingerprint density at radius 3 is 2.69 bits per heavy atom. The van der Waals surface area contributed by atoms with Gasteiger partial charge in [-0.2, -0.15) is 4.37 Å². The molecule has 1 N–H and O–H groups in total. The molecule has 1 heterocycles. The molecule has 0 fully saturated rings. The predicted octanol–water partition coefficient (Wildman–Crippen LogP) is 2.46. The van der Waals surface area contributed by atoms with Crippen molar-refractivity contribution in [2.24, 2.45) is 0 Å². The van der Waals surface area contributed by atoms with Crippen molar-refractivity contribution in [1.29, 1.82) is 0 Å². The molecule has 82 valence electrons. The Labute approximate surface area is 101 Å². The predicted molar refractivity (Wildman–Crippen MR) is 62.6 cm³/mol. The van der Waals surface area contributed by atoms with Crippen LogP contribution in [0.3, 0.4) is 0 Å². The van der Waals surface area contributed by atoms with Crippen molar-refractivity contribution >= 4 is 29.3 Å². The van der Waals surface area contributed by atoms with Crippen LogP contribution in [0.2, 0.25) is 0 Å². The number of hydrogen-bond acceptors (Lipinski definition) is 5. The smallest absolute Gasteiger partial charge is 0.321 e. The molecule has 0 saturated heterocycles. The van der Waals surface area contributed by atoms with E-state index in [0.29, 0.717) is 4.34 Å². The molecule has 0 amide bonds. The number of rotatable bonds is 4. The van der Waals surface area contributed by atoms with Gasteiger partial charge in [0.25, 0.3) is 0 Å². The van der Waals surface area contributed by atoms with Crippen molar-refractivity contribution in [3.8, 4) is 0 Å². The highest BCUT2D eigenvalue weighted by Gasteiger charge is 2.22. The van der Waals surface area contributed by atoms with E-state index in [0.717, 1.165) is 5.56 Å². The molecule has 0 aliphatic carbocycles. The second-order valence-corrected chi connectivity index (χ2v) is 5.09. The molecule has 1 atom stereocenters. The first-order chi connectivity index (χ1) is 7.77. The molecular weight excluding hydrogens is 244 g/mol. The van der Waals surface area contributed by atoms with Crippen molar-refractivity contribution in [3.05, 3.63) is 42.2 Å². The molecule has 16 heavy (non-hydrogen) atoms. The average Bonchev–Trinajstić information content (AvgIpc) is 2.79. The molecular formula is C10H8N2O2S2. The number of benzene rings is 1. The number of aromatic nitrogens is 2. The summed E-state index contributed by atoms with van der Waals surface area (Å²) in [4.78, 5) is 15.1. The Bertz CT molecular complexity index is 459. The maximum Gasteiger partial charge on any atom is 0.321 e. The SMILES string of the molecule is O=C(O)C(Sc1ncns1)c1ccccc1. The topological polar surface area (TPSA) is 63.1 Å². The number of carboxylic acids is 1. The second kappa shape index (κ2) is 5.09. The minimum atomic E-state index is -0.869. The van der Waals surface area contributed by atoms with Gasteiger partial charge in [-0.15, -0.1) is 0 Å². The molecule has 4 nitrogen and oxygen atoms in total. The summed E-state index contributed by atoms with van der Waals surface area (Å²) in [7, 11) is 0. The van der Waals surface area contributed by atoms with E-state index in [9.17, 15) is 4.79 Å². The van der Waals surface area contributed by atoms with Crippen LogP contribution in [0.15, 0.2) is 41.0 Å². The molecule has 0 saturated carbocycles. The molecule has 0 aliphatic rings. The lowest BCUT2D eigenvalue weighted by Crippen LogP contribution is -2.07. The van der Waals surface area contributed by atoms with Gasteiger partial charge in [-0.3, -0.25) is 4.79 Å². The van der Waals surface area contributed by atoms with Crippen molar-refractivity contribution in [2.45, 2.75) is 9.59 Å². The Hall–Kier alpha value is -1.40. The number of carboxylic acid groups (broad SMARTS) is 1. The standard InChI is InChI=1S/C10H8N2O2S2/c13-9(14)8(7-4-2-1-3-5-7)15-10-11-6-12-16-10/h1-6,8H,(H,13,14). The van der Waals surface area contributed by atoms with Crippen LogP contribution in [0.25, 0.3) is 0 Å². The Balaban J connectivity index is 2.22. The molecule has 0 bridgehead atoms. The highest BCUT2D eigenvalue weighted by atomic mass is 32.2. The highest BCUT2D eigenvalue weighted by Crippen LogP contribution is 2.35. The summed E-state index contributed by atoms with van der Waals surface area (Å²) in [6, 6.07) is 9.11. The zero-order chi connectivity index (χ0) is 11.4. The van der Waals surface area contributed by atoms with Crippen molar-refractivity contribution in [1.82, 2.24) is 9.36 Å². The molecule has 0 aliphatic heterocycles. The first-order valence-corrected chi connectivity index (χ1v) is 6.14. The molecule has 1 aromatic carbocycles. The van der Waals surface area contributed by atoms with Gasteiger partial charge < -0.3 is 5.11 Å².